The number of hydrogen-bond donors (Lipinski definition) is 0. The van der Waals surface area contributed by atoms with Crippen molar-refractivity contribution in [3.63, 3.8) is 0 Å². The Morgan fingerprint density at radius 3 is 2.71 bits per heavy atom. The van der Waals surface area contributed by atoms with Crippen LogP contribution in [0.2, 0.25) is 5.02 Å². The number of nitro groups is 1. The first-order valence-corrected chi connectivity index (χ1v) is 9.50. The first-order chi connectivity index (χ1) is 13.4. The van der Waals surface area contributed by atoms with Gasteiger partial charge in [-0.05, 0) is 43.0 Å². The normalized spacial score (nSPS) is 15.4. The van der Waals surface area contributed by atoms with Gasteiger partial charge in [-0.1, -0.05) is 29.8 Å². The second-order valence-corrected chi connectivity index (χ2v) is 7.20. The third kappa shape index (κ3) is 4.18. The number of amides is 2. The van der Waals surface area contributed by atoms with Crippen molar-refractivity contribution < 1.29 is 19.2 Å². The number of hydrogen-bond acceptors (Lipinski definition) is 6. The van der Waals surface area contributed by atoms with Crippen molar-refractivity contribution in [2.24, 2.45) is 0 Å². The molecule has 0 aliphatic carbocycles. The molecule has 0 unspecified atom stereocenters. The highest BCUT2D eigenvalue weighted by Crippen LogP contribution is 2.36. The minimum atomic E-state index is -0.537. The Hall–Kier alpha value is -2.84. The van der Waals surface area contributed by atoms with Crippen LogP contribution in [-0.2, 0) is 11.3 Å². The van der Waals surface area contributed by atoms with E-state index < -0.39 is 16.1 Å². The maximum atomic E-state index is 12.7. The standard InChI is InChI=1S/C19H15ClN2O5S/c1-2-27-16-8-7-14(20)9-13(16)10-17-18(23)21(19(24)28-17)11-12-5-3-4-6-15(12)22(25)26/h3-10H,2,11H2,1H3/b17-10-. The van der Waals surface area contributed by atoms with Crippen LogP contribution < -0.4 is 4.74 Å². The molecule has 1 aliphatic rings. The molecule has 28 heavy (non-hydrogen) atoms. The average molecular weight is 419 g/mol. The van der Waals surface area contributed by atoms with Crippen molar-refractivity contribution in [2.45, 2.75) is 13.5 Å². The van der Waals surface area contributed by atoms with Crippen LogP contribution in [0.4, 0.5) is 10.5 Å². The lowest BCUT2D eigenvalue weighted by Gasteiger charge is -2.12. The number of carbonyl (C=O) groups is 2. The molecule has 7 nitrogen and oxygen atoms in total. The van der Waals surface area contributed by atoms with Gasteiger partial charge in [0.25, 0.3) is 16.8 Å². The van der Waals surface area contributed by atoms with Gasteiger partial charge in [-0.3, -0.25) is 24.6 Å². The van der Waals surface area contributed by atoms with E-state index in [2.05, 4.69) is 0 Å². The molecule has 2 aromatic carbocycles. The molecule has 0 bridgehead atoms. The summed E-state index contributed by atoms with van der Waals surface area (Å²) >= 11 is 6.81. The summed E-state index contributed by atoms with van der Waals surface area (Å²) in [6.07, 6.45) is 1.54. The molecule has 1 fully saturated rings. The van der Waals surface area contributed by atoms with Gasteiger partial charge in [-0.15, -0.1) is 0 Å². The molecule has 2 amide bonds. The molecule has 2 aromatic rings. The van der Waals surface area contributed by atoms with Crippen molar-refractivity contribution in [3.05, 3.63) is 73.6 Å². The number of para-hydroxylation sites is 1. The number of thioether (sulfide) groups is 1. The van der Waals surface area contributed by atoms with E-state index in [-0.39, 0.29) is 22.7 Å². The summed E-state index contributed by atoms with van der Waals surface area (Å²) in [5, 5.41) is 11.1. The number of imide groups is 1. The molecular weight excluding hydrogens is 404 g/mol. The first-order valence-electron chi connectivity index (χ1n) is 8.30. The van der Waals surface area contributed by atoms with E-state index in [1.165, 1.54) is 18.2 Å². The van der Waals surface area contributed by atoms with Gasteiger partial charge in [0.05, 0.1) is 23.0 Å². The maximum absolute atomic E-state index is 12.7. The van der Waals surface area contributed by atoms with Crippen molar-refractivity contribution in [1.82, 2.24) is 4.90 Å². The van der Waals surface area contributed by atoms with Crippen LogP contribution in [0.5, 0.6) is 5.75 Å². The summed E-state index contributed by atoms with van der Waals surface area (Å²) in [6, 6.07) is 11.0. The SMILES string of the molecule is CCOc1ccc(Cl)cc1/C=C1\SC(=O)N(Cc2ccccc2[N+](=O)[O-])C1=O. The molecule has 144 valence electrons. The number of carbonyl (C=O) groups excluding carboxylic acids is 2. The summed E-state index contributed by atoms with van der Waals surface area (Å²) in [5.41, 5.74) is 0.721. The smallest absolute Gasteiger partial charge is 0.293 e. The largest absolute Gasteiger partial charge is 0.493 e. The van der Waals surface area contributed by atoms with E-state index in [0.717, 1.165) is 16.7 Å². The number of benzene rings is 2. The number of nitro benzene ring substituents is 1. The van der Waals surface area contributed by atoms with Gasteiger partial charge in [0.2, 0.25) is 0 Å². The summed E-state index contributed by atoms with van der Waals surface area (Å²) < 4.78 is 5.53. The predicted molar refractivity (Wildman–Crippen MR) is 107 cm³/mol. The lowest BCUT2D eigenvalue weighted by atomic mass is 10.1. The van der Waals surface area contributed by atoms with Crippen LogP contribution in [0.25, 0.3) is 6.08 Å². The highest BCUT2D eigenvalue weighted by Gasteiger charge is 2.36. The summed E-state index contributed by atoms with van der Waals surface area (Å²) in [6.45, 7) is 2.09. The molecule has 1 heterocycles. The Morgan fingerprint density at radius 1 is 1.25 bits per heavy atom. The topological polar surface area (TPSA) is 89.8 Å². The molecule has 0 atom stereocenters. The Bertz CT molecular complexity index is 992. The predicted octanol–water partition coefficient (Wildman–Crippen LogP) is 4.88. The summed E-state index contributed by atoms with van der Waals surface area (Å²) in [5.74, 6) is 0.0213. The molecule has 0 radical (unpaired) electrons. The fourth-order valence-electron chi connectivity index (χ4n) is 2.69. The Labute approximate surface area is 170 Å². The third-order valence-corrected chi connectivity index (χ3v) is 5.09. The van der Waals surface area contributed by atoms with Gasteiger partial charge in [0.1, 0.15) is 5.75 Å². The third-order valence-electron chi connectivity index (χ3n) is 3.95. The Balaban J connectivity index is 1.90. The number of ether oxygens (including phenoxy) is 1. The second-order valence-electron chi connectivity index (χ2n) is 5.77. The number of rotatable bonds is 6. The van der Waals surface area contributed by atoms with Crippen LogP contribution in [-0.4, -0.2) is 27.6 Å². The fourth-order valence-corrected chi connectivity index (χ4v) is 3.70. The zero-order valence-electron chi connectivity index (χ0n) is 14.8. The van der Waals surface area contributed by atoms with Crippen LogP contribution in [0.1, 0.15) is 18.1 Å². The summed E-state index contributed by atoms with van der Waals surface area (Å²) in [7, 11) is 0. The zero-order chi connectivity index (χ0) is 20.3. The molecule has 0 spiro atoms. The van der Waals surface area contributed by atoms with Gasteiger partial charge in [0.15, 0.2) is 0 Å². The molecule has 9 heteroatoms. The van der Waals surface area contributed by atoms with Gasteiger partial charge >= 0.3 is 0 Å². The van der Waals surface area contributed by atoms with E-state index in [0.29, 0.717) is 22.9 Å². The molecule has 0 N–H and O–H groups in total. The minimum absolute atomic E-state index is 0.140. The average Bonchev–Trinajstić information content (AvgIpc) is 2.92. The van der Waals surface area contributed by atoms with Crippen molar-refractivity contribution in [3.8, 4) is 5.75 Å². The van der Waals surface area contributed by atoms with Gasteiger partial charge in [-0.25, -0.2) is 0 Å². The Morgan fingerprint density at radius 2 is 2.00 bits per heavy atom. The molecular formula is C19H15ClN2O5S. The van der Waals surface area contributed by atoms with E-state index in [9.17, 15) is 19.7 Å². The van der Waals surface area contributed by atoms with Gasteiger partial charge in [0, 0.05) is 22.2 Å². The van der Waals surface area contributed by atoms with Gasteiger partial charge in [-0.2, -0.15) is 0 Å². The van der Waals surface area contributed by atoms with Gasteiger partial charge < -0.3 is 4.74 Å². The zero-order valence-corrected chi connectivity index (χ0v) is 16.3. The van der Waals surface area contributed by atoms with E-state index >= 15 is 0 Å². The number of nitrogens with zero attached hydrogens (tertiary/aromatic N) is 2. The monoisotopic (exact) mass is 418 g/mol. The minimum Gasteiger partial charge on any atom is -0.493 e. The van der Waals surface area contributed by atoms with E-state index in [1.807, 2.05) is 6.92 Å². The molecule has 0 saturated carbocycles. The van der Waals surface area contributed by atoms with E-state index in [1.54, 1.807) is 30.3 Å². The maximum Gasteiger partial charge on any atom is 0.293 e. The van der Waals surface area contributed by atoms with Crippen LogP contribution in [0, 0.1) is 10.1 Å². The van der Waals surface area contributed by atoms with Crippen molar-refractivity contribution in [1.29, 1.82) is 0 Å². The first kappa shape index (κ1) is 19.9. The fraction of sp³-hybridized carbons (Fsp3) is 0.158. The number of halogens is 1. The molecule has 0 aromatic heterocycles. The van der Waals surface area contributed by atoms with E-state index in [4.69, 9.17) is 16.3 Å². The molecule has 1 aliphatic heterocycles. The van der Waals surface area contributed by atoms with Crippen LogP contribution >= 0.6 is 23.4 Å². The second kappa shape index (κ2) is 8.45. The molecule has 3 rings (SSSR count). The van der Waals surface area contributed by atoms with Crippen LogP contribution in [0.15, 0.2) is 47.4 Å². The quantitative estimate of drug-likeness (QED) is 0.377. The lowest BCUT2D eigenvalue weighted by Crippen LogP contribution is -2.27. The summed E-state index contributed by atoms with van der Waals surface area (Å²) in [4.78, 5) is 36.9. The lowest BCUT2D eigenvalue weighted by molar-refractivity contribution is -0.385. The van der Waals surface area contributed by atoms with Crippen molar-refractivity contribution in [2.75, 3.05) is 6.61 Å². The molecule has 1 saturated heterocycles. The van der Waals surface area contributed by atoms with Crippen LogP contribution in [0.3, 0.4) is 0 Å². The highest BCUT2D eigenvalue weighted by atomic mass is 35.5. The van der Waals surface area contributed by atoms with Crippen molar-refractivity contribution >= 4 is 46.3 Å². The highest BCUT2D eigenvalue weighted by molar-refractivity contribution is 8.18. The Kier molecular flexibility index (Phi) is 6.01.